The Hall–Kier alpha value is -0.850. The van der Waals surface area contributed by atoms with Gasteiger partial charge < -0.3 is 20.5 Å². The summed E-state index contributed by atoms with van der Waals surface area (Å²) in [5, 5.41) is 16.7. The molecule has 2 heterocycles. The summed E-state index contributed by atoms with van der Waals surface area (Å²) in [6.07, 6.45) is 12.0. The van der Waals surface area contributed by atoms with E-state index in [0.29, 0.717) is 0 Å². The van der Waals surface area contributed by atoms with Crippen LogP contribution < -0.4 is 10.6 Å². The fraction of sp³-hybridized carbons (Fsp3) is 0.955. The third kappa shape index (κ3) is 5.61. The first kappa shape index (κ1) is 21.8. The molecule has 0 aromatic carbocycles. The third-order valence-electron chi connectivity index (χ3n) is 7.26. The summed E-state index contributed by atoms with van der Waals surface area (Å²) < 4.78 is 5.68. The van der Waals surface area contributed by atoms with Crippen molar-refractivity contribution >= 4 is 5.96 Å². The second kappa shape index (κ2) is 10.8. The molecule has 1 saturated carbocycles. The molecule has 6 heteroatoms. The van der Waals surface area contributed by atoms with Crippen LogP contribution in [-0.2, 0) is 4.74 Å². The molecule has 0 amide bonds. The normalized spacial score (nSPS) is 25.6. The van der Waals surface area contributed by atoms with Crippen LogP contribution >= 0.6 is 0 Å². The molecule has 0 atom stereocenters. The predicted molar refractivity (Wildman–Crippen MR) is 115 cm³/mol. The van der Waals surface area contributed by atoms with Crippen LogP contribution in [0.25, 0.3) is 0 Å². The summed E-state index contributed by atoms with van der Waals surface area (Å²) in [7, 11) is 0. The van der Waals surface area contributed by atoms with E-state index >= 15 is 0 Å². The topological polar surface area (TPSA) is 69.1 Å². The van der Waals surface area contributed by atoms with Gasteiger partial charge in [-0.1, -0.05) is 19.3 Å². The van der Waals surface area contributed by atoms with E-state index in [4.69, 9.17) is 9.73 Å². The second-order valence-corrected chi connectivity index (χ2v) is 9.11. The van der Waals surface area contributed by atoms with Crippen molar-refractivity contribution in [2.75, 3.05) is 52.5 Å². The van der Waals surface area contributed by atoms with Crippen molar-refractivity contribution in [3.8, 4) is 0 Å². The van der Waals surface area contributed by atoms with E-state index in [2.05, 4.69) is 22.5 Å². The number of ether oxygens (including phenoxy) is 1. The van der Waals surface area contributed by atoms with Crippen molar-refractivity contribution < 1.29 is 9.84 Å². The summed E-state index contributed by atoms with van der Waals surface area (Å²) in [5.41, 5.74) is 0.402. The highest BCUT2D eigenvalue weighted by molar-refractivity contribution is 5.79. The van der Waals surface area contributed by atoms with E-state index in [-0.39, 0.29) is 17.6 Å². The number of nitrogens with zero attached hydrogens (tertiary/aromatic N) is 2. The van der Waals surface area contributed by atoms with Gasteiger partial charge in [-0.3, -0.25) is 9.89 Å². The summed E-state index contributed by atoms with van der Waals surface area (Å²) >= 11 is 0. The largest absolute Gasteiger partial charge is 0.396 e. The van der Waals surface area contributed by atoms with Gasteiger partial charge in [0.25, 0.3) is 0 Å². The van der Waals surface area contributed by atoms with Crippen LogP contribution in [0.1, 0.15) is 71.1 Å². The molecule has 3 rings (SSSR count). The number of likely N-dealkylation sites (tertiary alicyclic amines) is 1. The highest BCUT2D eigenvalue weighted by Crippen LogP contribution is 2.39. The lowest BCUT2D eigenvalue weighted by Gasteiger charge is -2.45. The summed E-state index contributed by atoms with van der Waals surface area (Å²) in [4.78, 5) is 7.70. The molecule has 28 heavy (non-hydrogen) atoms. The van der Waals surface area contributed by atoms with Crippen molar-refractivity contribution in [3.63, 3.8) is 0 Å². The van der Waals surface area contributed by atoms with E-state index in [1.807, 2.05) is 0 Å². The molecule has 3 aliphatic rings. The quantitative estimate of drug-likeness (QED) is 0.436. The SMILES string of the molecule is CCNC(=NCC1(CCO)CCCCC1)NCC1(N2CCCC2)CCOCC1. The van der Waals surface area contributed by atoms with E-state index in [1.54, 1.807) is 0 Å². The van der Waals surface area contributed by atoms with Crippen LogP contribution in [0.5, 0.6) is 0 Å². The third-order valence-corrected chi connectivity index (χ3v) is 7.26. The Bertz CT molecular complexity index is 473. The average Bonchev–Trinajstić information content (AvgIpc) is 3.27. The lowest BCUT2D eigenvalue weighted by atomic mass is 9.72. The van der Waals surface area contributed by atoms with E-state index in [0.717, 1.165) is 58.1 Å². The van der Waals surface area contributed by atoms with Crippen molar-refractivity contribution in [3.05, 3.63) is 0 Å². The number of rotatable bonds is 8. The number of aliphatic hydroxyl groups is 1. The molecule has 0 spiro atoms. The molecule has 0 unspecified atom stereocenters. The van der Waals surface area contributed by atoms with Crippen molar-refractivity contribution in [2.45, 2.75) is 76.7 Å². The molecule has 1 aliphatic carbocycles. The van der Waals surface area contributed by atoms with Gasteiger partial charge in [-0.05, 0) is 70.4 Å². The van der Waals surface area contributed by atoms with Gasteiger partial charge in [-0.25, -0.2) is 0 Å². The molecule has 6 nitrogen and oxygen atoms in total. The first-order chi connectivity index (χ1) is 13.7. The zero-order valence-corrected chi connectivity index (χ0v) is 18.0. The van der Waals surface area contributed by atoms with Crippen LogP contribution in [0.3, 0.4) is 0 Å². The van der Waals surface area contributed by atoms with Gasteiger partial charge in [0.15, 0.2) is 5.96 Å². The Morgan fingerprint density at radius 3 is 2.36 bits per heavy atom. The van der Waals surface area contributed by atoms with Crippen LogP contribution in [0.4, 0.5) is 0 Å². The molecule has 0 bridgehead atoms. The number of aliphatic imine (C=N–C) groups is 1. The Balaban J connectivity index is 1.64. The molecule has 3 N–H and O–H groups in total. The van der Waals surface area contributed by atoms with Crippen LogP contribution in [0, 0.1) is 5.41 Å². The van der Waals surface area contributed by atoms with Gasteiger partial charge in [0.05, 0.1) is 0 Å². The van der Waals surface area contributed by atoms with Crippen LogP contribution in [0.2, 0.25) is 0 Å². The number of nitrogens with one attached hydrogen (secondary N) is 2. The Labute approximate surface area is 171 Å². The molecule has 3 fully saturated rings. The summed E-state index contributed by atoms with van der Waals surface area (Å²) in [5.74, 6) is 0.940. The lowest BCUT2D eigenvalue weighted by Crippen LogP contribution is -2.58. The number of hydrogen-bond donors (Lipinski definition) is 3. The van der Waals surface area contributed by atoms with Crippen LogP contribution in [-0.4, -0.2) is 74.0 Å². The van der Waals surface area contributed by atoms with Gasteiger partial charge in [0.2, 0.25) is 0 Å². The lowest BCUT2D eigenvalue weighted by molar-refractivity contribution is -0.0164. The van der Waals surface area contributed by atoms with Gasteiger partial charge >= 0.3 is 0 Å². The van der Waals surface area contributed by atoms with E-state index in [1.165, 1.54) is 58.0 Å². The van der Waals surface area contributed by atoms with E-state index in [9.17, 15) is 5.11 Å². The summed E-state index contributed by atoms with van der Waals surface area (Å²) in [6.45, 7) is 9.21. The first-order valence-corrected chi connectivity index (χ1v) is 11.7. The standard InChI is InChI=1S/C22H42N4O2/c1-2-23-20(24-18-21(10-15-27)8-4-3-5-9-21)25-19-22(11-16-28-17-12-22)26-13-6-7-14-26/h27H,2-19H2,1H3,(H2,23,24,25). The summed E-state index contributed by atoms with van der Waals surface area (Å²) in [6, 6.07) is 0. The fourth-order valence-corrected chi connectivity index (χ4v) is 5.41. The Morgan fingerprint density at radius 2 is 1.71 bits per heavy atom. The zero-order chi connectivity index (χ0) is 19.7. The number of guanidine groups is 1. The smallest absolute Gasteiger partial charge is 0.191 e. The molecule has 2 saturated heterocycles. The maximum absolute atomic E-state index is 9.58. The van der Waals surface area contributed by atoms with Gasteiger partial charge in [0.1, 0.15) is 0 Å². The monoisotopic (exact) mass is 394 g/mol. The molecule has 0 aromatic rings. The minimum atomic E-state index is 0.195. The number of aliphatic hydroxyl groups excluding tert-OH is 1. The maximum Gasteiger partial charge on any atom is 0.191 e. The van der Waals surface area contributed by atoms with Gasteiger partial charge in [-0.2, -0.15) is 0 Å². The minimum absolute atomic E-state index is 0.195. The molecule has 0 aromatic heterocycles. The number of hydrogen-bond acceptors (Lipinski definition) is 4. The highest BCUT2D eigenvalue weighted by atomic mass is 16.5. The van der Waals surface area contributed by atoms with Crippen LogP contribution in [0.15, 0.2) is 4.99 Å². The van der Waals surface area contributed by atoms with Gasteiger partial charge in [0, 0.05) is 45.0 Å². The maximum atomic E-state index is 9.58. The van der Waals surface area contributed by atoms with Crippen molar-refractivity contribution in [2.24, 2.45) is 10.4 Å². The average molecular weight is 395 g/mol. The molecule has 2 aliphatic heterocycles. The molecule has 162 valence electrons. The molecule has 0 radical (unpaired) electrons. The van der Waals surface area contributed by atoms with Crippen molar-refractivity contribution in [1.82, 2.24) is 15.5 Å². The zero-order valence-electron chi connectivity index (χ0n) is 18.0. The molecular formula is C22H42N4O2. The minimum Gasteiger partial charge on any atom is -0.396 e. The Kier molecular flexibility index (Phi) is 8.42. The van der Waals surface area contributed by atoms with E-state index < -0.39 is 0 Å². The second-order valence-electron chi connectivity index (χ2n) is 9.11. The first-order valence-electron chi connectivity index (χ1n) is 11.7. The fourth-order valence-electron chi connectivity index (χ4n) is 5.41. The highest BCUT2D eigenvalue weighted by Gasteiger charge is 2.39. The Morgan fingerprint density at radius 1 is 1.00 bits per heavy atom. The predicted octanol–water partition coefficient (Wildman–Crippen LogP) is 2.52. The van der Waals surface area contributed by atoms with Gasteiger partial charge in [-0.15, -0.1) is 0 Å². The molecular weight excluding hydrogens is 352 g/mol. The van der Waals surface area contributed by atoms with Crippen molar-refractivity contribution in [1.29, 1.82) is 0 Å².